The van der Waals surface area contributed by atoms with Crippen molar-refractivity contribution in [1.29, 1.82) is 5.26 Å². The minimum Gasteiger partial charge on any atom is -0.300 e. The van der Waals surface area contributed by atoms with Gasteiger partial charge in [0.15, 0.2) is 5.13 Å². The van der Waals surface area contributed by atoms with E-state index in [0.29, 0.717) is 5.13 Å². The molecule has 0 aliphatic rings. The molecule has 8 heteroatoms. The highest BCUT2D eigenvalue weighted by molar-refractivity contribution is 7.22. The van der Waals surface area contributed by atoms with Crippen molar-refractivity contribution in [3.8, 4) is 6.07 Å². The van der Waals surface area contributed by atoms with Gasteiger partial charge in [-0.25, -0.2) is 4.98 Å². The molecule has 1 amide bonds. The Morgan fingerprint density at radius 1 is 1.52 bits per heavy atom. The van der Waals surface area contributed by atoms with Gasteiger partial charge in [-0.15, -0.1) is 10.2 Å². The van der Waals surface area contributed by atoms with Gasteiger partial charge < -0.3 is 5.32 Å². The molecule has 0 unspecified atom stereocenters. The molecule has 104 valence electrons. The van der Waals surface area contributed by atoms with Gasteiger partial charge in [0.25, 0.3) is 0 Å². The molecule has 0 fully saturated rings. The minimum atomic E-state index is -0.276. The van der Waals surface area contributed by atoms with E-state index in [9.17, 15) is 4.79 Å². The summed E-state index contributed by atoms with van der Waals surface area (Å²) in [5.41, 5.74) is 2.00. The van der Waals surface area contributed by atoms with Gasteiger partial charge >= 0.3 is 0 Å². The van der Waals surface area contributed by atoms with E-state index in [1.807, 2.05) is 31.2 Å². The zero-order valence-corrected chi connectivity index (χ0v) is 11.9. The predicted octanol–water partition coefficient (Wildman–Crippen LogP) is 1.71. The van der Waals surface area contributed by atoms with Crippen LogP contribution in [0.25, 0.3) is 10.2 Å². The number of anilines is 1. The largest absolute Gasteiger partial charge is 0.300 e. The Hall–Kier alpha value is -2.79. The van der Waals surface area contributed by atoms with Gasteiger partial charge in [-0.05, 0) is 24.6 Å². The maximum Gasteiger partial charge on any atom is 0.246 e. The third-order valence-corrected chi connectivity index (χ3v) is 3.75. The second-order valence-electron chi connectivity index (χ2n) is 4.43. The summed E-state index contributed by atoms with van der Waals surface area (Å²) in [6.45, 7) is 1.98. The number of carbonyl (C=O) groups is 1. The molecule has 2 aromatic heterocycles. The molecule has 3 aromatic rings. The van der Waals surface area contributed by atoms with Crippen LogP contribution in [-0.2, 0) is 11.3 Å². The van der Waals surface area contributed by atoms with Crippen molar-refractivity contribution in [2.45, 2.75) is 13.5 Å². The van der Waals surface area contributed by atoms with E-state index in [1.54, 1.807) is 0 Å². The number of thiazole rings is 1. The number of nitrogens with one attached hydrogen (secondary N) is 1. The fourth-order valence-electron chi connectivity index (χ4n) is 1.86. The predicted molar refractivity (Wildman–Crippen MR) is 77.7 cm³/mol. The number of aromatic nitrogens is 4. The molecule has 0 saturated heterocycles. The van der Waals surface area contributed by atoms with Crippen molar-refractivity contribution in [3.63, 3.8) is 0 Å². The van der Waals surface area contributed by atoms with Crippen molar-refractivity contribution >= 4 is 32.6 Å². The van der Waals surface area contributed by atoms with Gasteiger partial charge in [-0.3, -0.25) is 9.36 Å². The lowest BCUT2D eigenvalue weighted by Gasteiger charge is -2.02. The van der Waals surface area contributed by atoms with Crippen LogP contribution in [-0.4, -0.2) is 25.7 Å². The highest BCUT2D eigenvalue weighted by atomic mass is 32.1. The van der Waals surface area contributed by atoms with Gasteiger partial charge in [0.1, 0.15) is 18.9 Å². The molecule has 0 aliphatic carbocycles. The lowest BCUT2D eigenvalue weighted by molar-refractivity contribution is -0.116. The van der Waals surface area contributed by atoms with E-state index in [4.69, 9.17) is 5.26 Å². The van der Waals surface area contributed by atoms with Gasteiger partial charge in [0, 0.05) is 0 Å². The molecule has 0 bridgehead atoms. The molecule has 0 saturated carbocycles. The van der Waals surface area contributed by atoms with E-state index in [2.05, 4.69) is 20.5 Å². The summed E-state index contributed by atoms with van der Waals surface area (Å²) in [6, 6.07) is 7.79. The van der Waals surface area contributed by atoms with Crippen molar-refractivity contribution in [3.05, 3.63) is 35.9 Å². The minimum absolute atomic E-state index is 0.0230. The van der Waals surface area contributed by atoms with Crippen LogP contribution < -0.4 is 5.32 Å². The summed E-state index contributed by atoms with van der Waals surface area (Å²) >= 11 is 1.41. The number of hydrogen-bond acceptors (Lipinski definition) is 6. The molecule has 3 rings (SSSR count). The van der Waals surface area contributed by atoms with Crippen LogP contribution in [0.3, 0.4) is 0 Å². The monoisotopic (exact) mass is 298 g/mol. The van der Waals surface area contributed by atoms with E-state index in [0.717, 1.165) is 15.8 Å². The number of benzene rings is 1. The van der Waals surface area contributed by atoms with E-state index < -0.39 is 0 Å². The summed E-state index contributed by atoms with van der Waals surface area (Å²) in [5.74, 6) is -0.174. The Morgan fingerprint density at radius 2 is 2.38 bits per heavy atom. The van der Waals surface area contributed by atoms with E-state index in [-0.39, 0.29) is 18.3 Å². The van der Waals surface area contributed by atoms with Crippen LogP contribution in [0.4, 0.5) is 5.13 Å². The summed E-state index contributed by atoms with van der Waals surface area (Å²) < 4.78 is 2.40. The van der Waals surface area contributed by atoms with Crippen molar-refractivity contribution < 1.29 is 4.79 Å². The Morgan fingerprint density at radius 3 is 3.19 bits per heavy atom. The van der Waals surface area contributed by atoms with Gasteiger partial charge in [-0.2, -0.15) is 5.26 Å². The third-order valence-electron chi connectivity index (χ3n) is 2.82. The quantitative estimate of drug-likeness (QED) is 0.794. The number of fused-ring (bicyclic) bond motifs is 1. The summed E-state index contributed by atoms with van der Waals surface area (Å²) in [4.78, 5) is 16.3. The normalized spacial score (nSPS) is 10.5. The van der Waals surface area contributed by atoms with Crippen LogP contribution >= 0.6 is 11.3 Å². The maximum absolute atomic E-state index is 12.0. The highest BCUT2D eigenvalue weighted by Crippen LogP contribution is 2.26. The number of carbonyl (C=O) groups excluding carboxylic acids is 1. The van der Waals surface area contributed by atoms with Crippen LogP contribution in [0.1, 0.15) is 11.4 Å². The molecule has 0 aliphatic heterocycles. The molecule has 1 N–H and O–H groups in total. The smallest absolute Gasteiger partial charge is 0.246 e. The summed E-state index contributed by atoms with van der Waals surface area (Å²) in [5, 5.41) is 19.3. The highest BCUT2D eigenvalue weighted by Gasteiger charge is 2.11. The van der Waals surface area contributed by atoms with Crippen molar-refractivity contribution in [2.24, 2.45) is 0 Å². The number of aryl methyl sites for hydroxylation is 1. The zero-order chi connectivity index (χ0) is 14.8. The van der Waals surface area contributed by atoms with Gasteiger partial charge in [0.2, 0.25) is 11.7 Å². The first-order valence-corrected chi connectivity index (χ1v) is 6.92. The summed E-state index contributed by atoms with van der Waals surface area (Å²) in [6.07, 6.45) is 1.35. The Bertz CT molecular complexity index is 859. The zero-order valence-electron chi connectivity index (χ0n) is 11.1. The third kappa shape index (κ3) is 2.73. The Balaban J connectivity index is 1.76. The van der Waals surface area contributed by atoms with Crippen LogP contribution in [0.5, 0.6) is 0 Å². The molecule has 2 heterocycles. The second-order valence-corrected chi connectivity index (χ2v) is 5.46. The number of hydrogen-bond donors (Lipinski definition) is 1. The van der Waals surface area contributed by atoms with Crippen molar-refractivity contribution in [2.75, 3.05) is 5.32 Å². The Labute approximate surface area is 123 Å². The number of rotatable bonds is 3. The topological polar surface area (TPSA) is 96.5 Å². The van der Waals surface area contributed by atoms with Gasteiger partial charge in [0.05, 0.1) is 10.2 Å². The molecule has 1 aromatic carbocycles. The Kier molecular flexibility index (Phi) is 3.33. The molecular weight excluding hydrogens is 288 g/mol. The first-order valence-electron chi connectivity index (χ1n) is 6.10. The number of nitrogens with zero attached hydrogens (tertiary/aromatic N) is 5. The van der Waals surface area contributed by atoms with E-state index >= 15 is 0 Å². The fourth-order valence-corrected chi connectivity index (χ4v) is 2.84. The van der Waals surface area contributed by atoms with Crippen molar-refractivity contribution in [1.82, 2.24) is 19.7 Å². The molecule has 0 spiro atoms. The average Bonchev–Trinajstić information content (AvgIpc) is 3.03. The lowest BCUT2D eigenvalue weighted by Crippen LogP contribution is -2.19. The van der Waals surface area contributed by atoms with Crippen LogP contribution in [0.15, 0.2) is 24.5 Å². The fraction of sp³-hybridized carbons (Fsp3) is 0.154. The average molecular weight is 298 g/mol. The molecule has 0 radical (unpaired) electrons. The van der Waals surface area contributed by atoms with Crippen LogP contribution in [0.2, 0.25) is 0 Å². The maximum atomic E-state index is 12.0. The molecule has 21 heavy (non-hydrogen) atoms. The molecule has 0 atom stereocenters. The lowest BCUT2D eigenvalue weighted by atomic mass is 10.2. The summed E-state index contributed by atoms with van der Waals surface area (Å²) in [7, 11) is 0. The van der Waals surface area contributed by atoms with E-state index in [1.165, 1.54) is 22.2 Å². The standard InChI is InChI=1S/C13H10N6OS/c1-8-2-3-9-10(4-8)21-13(16-9)17-12(20)6-19-7-15-18-11(19)5-14/h2-4,7H,6H2,1H3,(H,16,17,20). The first kappa shape index (κ1) is 13.2. The number of nitriles is 1. The number of amides is 1. The second kappa shape index (κ2) is 5.30. The SMILES string of the molecule is Cc1ccc2nc(NC(=O)Cn3cnnc3C#N)sc2c1. The molecule has 7 nitrogen and oxygen atoms in total. The van der Waals surface area contributed by atoms with Gasteiger partial charge in [-0.1, -0.05) is 17.4 Å². The first-order chi connectivity index (χ1) is 10.2. The van der Waals surface area contributed by atoms with Crippen LogP contribution in [0, 0.1) is 18.3 Å². The molecular formula is C13H10N6OS.